The van der Waals surface area contributed by atoms with E-state index in [1.165, 1.54) is 16.7 Å². The molecule has 0 saturated heterocycles. The van der Waals surface area contributed by atoms with E-state index in [0.29, 0.717) is 6.04 Å². The minimum absolute atomic E-state index is 0.346. The summed E-state index contributed by atoms with van der Waals surface area (Å²) in [5.74, 6) is 0. The van der Waals surface area contributed by atoms with Gasteiger partial charge in [-0.25, -0.2) is 0 Å². The molecule has 0 bridgehead atoms. The van der Waals surface area contributed by atoms with E-state index in [-0.39, 0.29) is 0 Å². The van der Waals surface area contributed by atoms with Crippen LogP contribution in [0.1, 0.15) is 36.1 Å². The van der Waals surface area contributed by atoms with Crippen molar-refractivity contribution in [2.24, 2.45) is 0 Å². The average molecular weight is 274 g/mol. The Balaban J connectivity index is 2.06. The molecule has 19 heavy (non-hydrogen) atoms. The predicted molar refractivity (Wildman–Crippen MR) is 82.5 cm³/mol. The van der Waals surface area contributed by atoms with Crippen molar-refractivity contribution in [1.29, 1.82) is 0 Å². The first kappa shape index (κ1) is 14.1. The van der Waals surface area contributed by atoms with E-state index in [0.717, 1.165) is 18.0 Å². The maximum absolute atomic E-state index is 6.06. The lowest BCUT2D eigenvalue weighted by molar-refractivity contribution is 0.518. The van der Waals surface area contributed by atoms with E-state index in [1.807, 2.05) is 18.2 Å². The largest absolute Gasteiger partial charge is 0.306 e. The SMILES string of the molecule is CCC(NCc1ccccc1C)c1cccc(Cl)c1. The molecule has 100 valence electrons. The topological polar surface area (TPSA) is 12.0 Å². The summed E-state index contributed by atoms with van der Waals surface area (Å²) < 4.78 is 0. The molecule has 0 aliphatic rings. The molecule has 0 spiro atoms. The number of benzene rings is 2. The van der Waals surface area contributed by atoms with Crippen LogP contribution < -0.4 is 5.32 Å². The van der Waals surface area contributed by atoms with Gasteiger partial charge in [-0.05, 0) is 42.2 Å². The molecule has 2 aromatic rings. The Hall–Kier alpha value is -1.31. The Morgan fingerprint density at radius 2 is 1.89 bits per heavy atom. The van der Waals surface area contributed by atoms with Crippen molar-refractivity contribution >= 4 is 11.6 Å². The number of hydrogen-bond acceptors (Lipinski definition) is 1. The summed E-state index contributed by atoms with van der Waals surface area (Å²) in [6.45, 7) is 5.23. The molecule has 0 heterocycles. The third kappa shape index (κ3) is 3.82. The van der Waals surface area contributed by atoms with E-state index in [1.54, 1.807) is 0 Å². The minimum atomic E-state index is 0.346. The summed E-state index contributed by atoms with van der Waals surface area (Å²) in [6.07, 6.45) is 1.05. The molecule has 0 saturated carbocycles. The zero-order valence-corrected chi connectivity index (χ0v) is 12.2. The van der Waals surface area contributed by atoms with E-state index >= 15 is 0 Å². The van der Waals surface area contributed by atoms with Crippen LogP contribution >= 0.6 is 11.6 Å². The number of nitrogens with one attached hydrogen (secondary N) is 1. The lowest BCUT2D eigenvalue weighted by Crippen LogP contribution is -2.20. The van der Waals surface area contributed by atoms with Crippen LogP contribution in [-0.2, 0) is 6.54 Å². The van der Waals surface area contributed by atoms with Gasteiger partial charge in [0.1, 0.15) is 0 Å². The highest BCUT2D eigenvalue weighted by Crippen LogP contribution is 2.21. The van der Waals surface area contributed by atoms with Crippen LogP contribution in [0.15, 0.2) is 48.5 Å². The molecule has 1 N–H and O–H groups in total. The van der Waals surface area contributed by atoms with Gasteiger partial charge >= 0.3 is 0 Å². The number of aryl methyl sites for hydroxylation is 1. The van der Waals surface area contributed by atoms with Gasteiger partial charge in [-0.3, -0.25) is 0 Å². The van der Waals surface area contributed by atoms with E-state index in [9.17, 15) is 0 Å². The Kier molecular flexibility index (Phi) is 5.00. The van der Waals surface area contributed by atoms with Gasteiger partial charge in [-0.1, -0.05) is 54.9 Å². The molecule has 1 atom stereocenters. The monoisotopic (exact) mass is 273 g/mol. The van der Waals surface area contributed by atoms with Crippen LogP contribution in [0.2, 0.25) is 5.02 Å². The summed E-state index contributed by atoms with van der Waals surface area (Å²) in [6, 6.07) is 16.9. The van der Waals surface area contributed by atoms with Crippen molar-refractivity contribution in [3.8, 4) is 0 Å². The van der Waals surface area contributed by atoms with E-state index < -0.39 is 0 Å². The molecule has 1 nitrogen and oxygen atoms in total. The molecule has 0 radical (unpaired) electrons. The van der Waals surface area contributed by atoms with Gasteiger partial charge in [0.2, 0.25) is 0 Å². The van der Waals surface area contributed by atoms with Gasteiger partial charge in [0, 0.05) is 17.6 Å². The minimum Gasteiger partial charge on any atom is -0.306 e. The molecule has 2 rings (SSSR count). The Bertz CT molecular complexity index is 536. The maximum Gasteiger partial charge on any atom is 0.0409 e. The number of hydrogen-bond donors (Lipinski definition) is 1. The molecular formula is C17H20ClN. The fraction of sp³-hybridized carbons (Fsp3) is 0.294. The maximum atomic E-state index is 6.06. The van der Waals surface area contributed by atoms with Crippen molar-refractivity contribution in [3.05, 3.63) is 70.2 Å². The Morgan fingerprint density at radius 1 is 1.11 bits per heavy atom. The van der Waals surface area contributed by atoms with Crippen molar-refractivity contribution < 1.29 is 0 Å². The molecule has 2 heteroatoms. The first-order valence-electron chi connectivity index (χ1n) is 6.74. The Labute approximate surface area is 120 Å². The van der Waals surface area contributed by atoms with Gasteiger partial charge in [0.15, 0.2) is 0 Å². The second-order valence-corrected chi connectivity index (χ2v) is 5.26. The van der Waals surface area contributed by atoms with Gasteiger partial charge in [-0.2, -0.15) is 0 Å². The van der Waals surface area contributed by atoms with E-state index in [4.69, 9.17) is 11.6 Å². The highest BCUT2D eigenvalue weighted by Gasteiger charge is 2.09. The number of halogens is 1. The molecule has 0 fully saturated rings. The summed E-state index contributed by atoms with van der Waals surface area (Å²) in [5, 5.41) is 4.41. The van der Waals surface area contributed by atoms with Crippen LogP contribution in [0.25, 0.3) is 0 Å². The van der Waals surface area contributed by atoms with Crippen LogP contribution in [0.3, 0.4) is 0 Å². The molecular weight excluding hydrogens is 254 g/mol. The lowest BCUT2D eigenvalue weighted by Gasteiger charge is -2.18. The normalized spacial score (nSPS) is 12.4. The van der Waals surface area contributed by atoms with Crippen molar-refractivity contribution in [1.82, 2.24) is 5.32 Å². The molecule has 0 amide bonds. The summed E-state index contributed by atoms with van der Waals surface area (Å²) in [5.41, 5.74) is 3.93. The highest BCUT2D eigenvalue weighted by atomic mass is 35.5. The lowest BCUT2D eigenvalue weighted by atomic mass is 10.0. The van der Waals surface area contributed by atoms with Crippen LogP contribution in [0.4, 0.5) is 0 Å². The van der Waals surface area contributed by atoms with Crippen LogP contribution in [0, 0.1) is 6.92 Å². The zero-order chi connectivity index (χ0) is 13.7. The molecule has 0 aliphatic heterocycles. The van der Waals surface area contributed by atoms with Gasteiger partial charge in [0.05, 0.1) is 0 Å². The first-order chi connectivity index (χ1) is 9.20. The second kappa shape index (κ2) is 6.74. The number of rotatable bonds is 5. The first-order valence-corrected chi connectivity index (χ1v) is 7.12. The van der Waals surface area contributed by atoms with Gasteiger partial charge < -0.3 is 5.32 Å². The quantitative estimate of drug-likeness (QED) is 0.818. The standard InChI is InChI=1S/C17H20ClN/c1-3-17(14-9-6-10-16(18)11-14)19-12-15-8-5-4-7-13(15)2/h4-11,17,19H,3,12H2,1-2H3. The zero-order valence-electron chi connectivity index (χ0n) is 11.5. The smallest absolute Gasteiger partial charge is 0.0409 e. The molecule has 0 aromatic heterocycles. The fourth-order valence-electron chi connectivity index (χ4n) is 2.26. The molecule has 0 aliphatic carbocycles. The summed E-state index contributed by atoms with van der Waals surface area (Å²) in [4.78, 5) is 0. The highest BCUT2D eigenvalue weighted by molar-refractivity contribution is 6.30. The van der Waals surface area contributed by atoms with Crippen molar-refractivity contribution in [2.45, 2.75) is 32.9 Å². The van der Waals surface area contributed by atoms with Crippen molar-refractivity contribution in [3.63, 3.8) is 0 Å². The van der Waals surface area contributed by atoms with Gasteiger partial charge in [0.25, 0.3) is 0 Å². The Morgan fingerprint density at radius 3 is 2.58 bits per heavy atom. The average Bonchev–Trinajstić information content (AvgIpc) is 2.41. The second-order valence-electron chi connectivity index (χ2n) is 4.82. The summed E-state index contributed by atoms with van der Waals surface area (Å²) >= 11 is 6.06. The molecule has 1 unspecified atom stereocenters. The van der Waals surface area contributed by atoms with Crippen LogP contribution in [0.5, 0.6) is 0 Å². The van der Waals surface area contributed by atoms with Crippen LogP contribution in [-0.4, -0.2) is 0 Å². The predicted octanol–water partition coefficient (Wildman–Crippen LogP) is 4.89. The summed E-state index contributed by atoms with van der Waals surface area (Å²) in [7, 11) is 0. The van der Waals surface area contributed by atoms with E-state index in [2.05, 4.69) is 49.5 Å². The van der Waals surface area contributed by atoms with Crippen molar-refractivity contribution in [2.75, 3.05) is 0 Å². The fourth-order valence-corrected chi connectivity index (χ4v) is 2.46. The third-order valence-corrected chi connectivity index (χ3v) is 3.69. The third-order valence-electron chi connectivity index (χ3n) is 3.46. The molecule has 2 aromatic carbocycles. The van der Waals surface area contributed by atoms with Gasteiger partial charge in [-0.15, -0.1) is 0 Å².